The Hall–Kier alpha value is -0.800. The summed E-state index contributed by atoms with van der Waals surface area (Å²) in [4.78, 5) is 2.63. The number of rotatable bonds is 10. The molecule has 0 aliphatic heterocycles. The second kappa shape index (κ2) is 9.16. The van der Waals surface area contributed by atoms with Crippen LogP contribution in [0, 0.1) is 5.92 Å². The minimum Gasteiger partial charge on any atom is -0.472 e. The molecule has 0 unspecified atom stereocenters. The average Bonchev–Trinajstić information content (AvgIpc) is 2.88. The SMILES string of the molecule is CCC(CC)N(CCNCc1ccoc1)CC(C)C. The van der Waals surface area contributed by atoms with E-state index in [0.717, 1.165) is 31.6 Å². The maximum Gasteiger partial charge on any atom is 0.0947 e. The van der Waals surface area contributed by atoms with E-state index in [0.29, 0.717) is 0 Å². The van der Waals surface area contributed by atoms with Crippen molar-refractivity contribution in [2.75, 3.05) is 19.6 Å². The lowest BCUT2D eigenvalue weighted by Crippen LogP contribution is -2.41. The summed E-state index contributed by atoms with van der Waals surface area (Å²) in [6.07, 6.45) is 6.02. The van der Waals surface area contributed by atoms with Crippen LogP contribution in [0.1, 0.15) is 46.1 Å². The molecule has 0 amide bonds. The first-order valence-electron chi connectivity index (χ1n) is 7.63. The molecule has 1 aromatic rings. The Morgan fingerprint density at radius 3 is 2.53 bits per heavy atom. The summed E-state index contributed by atoms with van der Waals surface area (Å²) in [5.74, 6) is 0.731. The van der Waals surface area contributed by atoms with E-state index in [1.807, 2.05) is 6.07 Å². The van der Waals surface area contributed by atoms with Crippen LogP contribution in [0.4, 0.5) is 0 Å². The summed E-state index contributed by atoms with van der Waals surface area (Å²) in [5.41, 5.74) is 1.22. The molecule has 1 rings (SSSR count). The van der Waals surface area contributed by atoms with Crippen LogP contribution in [-0.4, -0.2) is 30.6 Å². The summed E-state index contributed by atoms with van der Waals surface area (Å²) >= 11 is 0. The molecule has 0 atom stereocenters. The van der Waals surface area contributed by atoms with Gasteiger partial charge in [-0.15, -0.1) is 0 Å². The van der Waals surface area contributed by atoms with Gasteiger partial charge >= 0.3 is 0 Å². The van der Waals surface area contributed by atoms with Crippen molar-refractivity contribution in [2.24, 2.45) is 5.92 Å². The molecular weight excluding hydrogens is 236 g/mol. The summed E-state index contributed by atoms with van der Waals surface area (Å²) in [7, 11) is 0. The van der Waals surface area contributed by atoms with Crippen molar-refractivity contribution >= 4 is 0 Å². The van der Waals surface area contributed by atoms with E-state index in [1.165, 1.54) is 24.9 Å². The number of hydrogen-bond donors (Lipinski definition) is 1. The first kappa shape index (κ1) is 16.3. The molecule has 3 heteroatoms. The first-order chi connectivity index (χ1) is 9.17. The molecule has 110 valence electrons. The van der Waals surface area contributed by atoms with Crippen LogP contribution < -0.4 is 5.32 Å². The van der Waals surface area contributed by atoms with Gasteiger partial charge in [0.05, 0.1) is 12.5 Å². The molecule has 0 aromatic carbocycles. The van der Waals surface area contributed by atoms with Gasteiger partial charge in [0.25, 0.3) is 0 Å². The van der Waals surface area contributed by atoms with Gasteiger partial charge in [-0.2, -0.15) is 0 Å². The summed E-state index contributed by atoms with van der Waals surface area (Å²) in [5, 5.41) is 3.49. The van der Waals surface area contributed by atoms with Crippen LogP contribution in [0.5, 0.6) is 0 Å². The normalized spacial score (nSPS) is 11.9. The molecule has 0 bridgehead atoms. The van der Waals surface area contributed by atoms with Crippen molar-refractivity contribution < 1.29 is 4.42 Å². The van der Waals surface area contributed by atoms with E-state index >= 15 is 0 Å². The second-order valence-electron chi connectivity index (χ2n) is 5.67. The van der Waals surface area contributed by atoms with Crippen LogP contribution in [0.2, 0.25) is 0 Å². The van der Waals surface area contributed by atoms with Gasteiger partial charge in [0.15, 0.2) is 0 Å². The second-order valence-corrected chi connectivity index (χ2v) is 5.67. The van der Waals surface area contributed by atoms with Crippen molar-refractivity contribution in [3.63, 3.8) is 0 Å². The lowest BCUT2D eigenvalue weighted by Gasteiger charge is -2.32. The van der Waals surface area contributed by atoms with Gasteiger partial charge in [-0.1, -0.05) is 27.7 Å². The Balaban J connectivity index is 2.31. The van der Waals surface area contributed by atoms with Gasteiger partial charge < -0.3 is 9.73 Å². The van der Waals surface area contributed by atoms with Crippen molar-refractivity contribution in [1.82, 2.24) is 10.2 Å². The predicted octanol–water partition coefficient (Wildman–Crippen LogP) is 3.52. The van der Waals surface area contributed by atoms with E-state index in [1.54, 1.807) is 12.5 Å². The minimum absolute atomic E-state index is 0.720. The average molecular weight is 266 g/mol. The Morgan fingerprint density at radius 1 is 1.26 bits per heavy atom. The van der Waals surface area contributed by atoms with Crippen molar-refractivity contribution in [1.29, 1.82) is 0 Å². The molecule has 0 saturated heterocycles. The van der Waals surface area contributed by atoms with Gasteiger partial charge in [-0.05, 0) is 24.8 Å². The van der Waals surface area contributed by atoms with Gasteiger partial charge in [0.2, 0.25) is 0 Å². The smallest absolute Gasteiger partial charge is 0.0947 e. The van der Waals surface area contributed by atoms with Gasteiger partial charge in [-0.3, -0.25) is 4.90 Å². The maximum atomic E-state index is 5.07. The molecule has 0 fully saturated rings. The zero-order chi connectivity index (χ0) is 14.1. The number of furan rings is 1. The van der Waals surface area contributed by atoms with E-state index in [-0.39, 0.29) is 0 Å². The van der Waals surface area contributed by atoms with Gasteiger partial charge in [-0.25, -0.2) is 0 Å². The highest BCUT2D eigenvalue weighted by molar-refractivity contribution is 5.04. The number of nitrogens with one attached hydrogen (secondary N) is 1. The maximum absolute atomic E-state index is 5.07. The Bertz CT molecular complexity index is 305. The van der Waals surface area contributed by atoms with Gasteiger partial charge in [0.1, 0.15) is 0 Å². The molecular formula is C16H30N2O. The molecule has 0 aliphatic rings. The molecule has 0 spiro atoms. The monoisotopic (exact) mass is 266 g/mol. The van der Waals surface area contributed by atoms with Crippen molar-refractivity contribution in [2.45, 2.75) is 53.1 Å². The van der Waals surface area contributed by atoms with Crippen LogP contribution in [0.25, 0.3) is 0 Å². The molecule has 19 heavy (non-hydrogen) atoms. The van der Waals surface area contributed by atoms with E-state index in [4.69, 9.17) is 4.42 Å². The van der Waals surface area contributed by atoms with Crippen LogP contribution in [-0.2, 0) is 6.54 Å². The fraction of sp³-hybridized carbons (Fsp3) is 0.750. The third kappa shape index (κ3) is 6.26. The van der Waals surface area contributed by atoms with Crippen molar-refractivity contribution in [3.8, 4) is 0 Å². The molecule has 0 saturated carbocycles. The molecule has 3 nitrogen and oxygen atoms in total. The topological polar surface area (TPSA) is 28.4 Å². The summed E-state index contributed by atoms with van der Waals surface area (Å²) in [6, 6.07) is 2.73. The lowest BCUT2D eigenvalue weighted by atomic mass is 10.1. The third-order valence-electron chi connectivity index (χ3n) is 3.54. The Kier molecular flexibility index (Phi) is 7.84. The molecule has 1 aromatic heterocycles. The molecule has 1 N–H and O–H groups in total. The third-order valence-corrected chi connectivity index (χ3v) is 3.54. The lowest BCUT2D eigenvalue weighted by molar-refractivity contribution is 0.166. The van der Waals surface area contributed by atoms with Crippen LogP contribution >= 0.6 is 0 Å². The highest BCUT2D eigenvalue weighted by Gasteiger charge is 2.15. The van der Waals surface area contributed by atoms with Gasteiger partial charge in [0, 0.05) is 37.8 Å². The quantitative estimate of drug-likeness (QED) is 0.657. The largest absolute Gasteiger partial charge is 0.472 e. The first-order valence-corrected chi connectivity index (χ1v) is 7.63. The number of nitrogens with zero attached hydrogens (tertiary/aromatic N) is 1. The summed E-state index contributed by atoms with van der Waals surface area (Å²) in [6.45, 7) is 13.4. The van der Waals surface area contributed by atoms with E-state index in [2.05, 4.69) is 37.9 Å². The van der Waals surface area contributed by atoms with Crippen LogP contribution in [0.15, 0.2) is 23.0 Å². The fourth-order valence-corrected chi connectivity index (χ4v) is 2.55. The van der Waals surface area contributed by atoms with E-state index < -0.39 is 0 Å². The molecule has 1 heterocycles. The van der Waals surface area contributed by atoms with E-state index in [9.17, 15) is 0 Å². The summed E-state index contributed by atoms with van der Waals surface area (Å²) < 4.78 is 5.07. The van der Waals surface area contributed by atoms with Crippen LogP contribution in [0.3, 0.4) is 0 Å². The predicted molar refractivity (Wildman–Crippen MR) is 81.2 cm³/mol. The highest BCUT2D eigenvalue weighted by atomic mass is 16.3. The number of hydrogen-bond acceptors (Lipinski definition) is 3. The molecule has 0 aliphatic carbocycles. The zero-order valence-electron chi connectivity index (χ0n) is 13.0. The highest BCUT2D eigenvalue weighted by Crippen LogP contribution is 2.10. The Labute approximate surface area is 118 Å². The fourth-order valence-electron chi connectivity index (χ4n) is 2.55. The van der Waals surface area contributed by atoms with Crippen molar-refractivity contribution in [3.05, 3.63) is 24.2 Å². The standard InChI is InChI=1S/C16H30N2O/c1-5-16(6-2)18(12-14(3)4)9-8-17-11-15-7-10-19-13-15/h7,10,13-14,16-17H,5-6,8-9,11-12H2,1-4H3. The molecule has 0 radical (unpaired) electrons. The zero-order valence-corrected chi connectivity index (χ0v) is 13.0. The minimum atomic E-state index is 0.720. The Morgan fingerprint density at radius 2 is 2.00 bits per heavy atom.